The van der Waals surface area contributed by atoms with Gasteiger partial charge in [-0.25, -0.2) is 0 Å². The molecule has 0 spiro atoms. The molecule has 0 unspecified atom stereocenters. The maximum Gasteiger partial charge on any atom is 1.00 e. The predicted octanol–water partition coefficient (Wildman–Crippen LogP) is 0.396. The number of nitrogen functional groups attached to an aromatic ring is 1. The van der Waals surface area contributed by atoms with E-state index in [4.69, 9.17) is 23.1 Å². The Labute approximate surface area is 159 Å². The number of hydrogen-bond acceptors (Lipinski definition) is 3. The topological polar surface area (TPSA) is 63.3 Å². The van der Waals surface area contributed by atoms with Gasteiger partial charge in [-0.15, -0.1) is 0 Å². The fourth-order valence-corrected chi connectivity index (χ4v) is 2.53. The van der Waals surface area contributed by atoms with E-state index in [1.807, 2.05) is 50.2 Å². The van der Waals surface area contributed by atoms with E-state index >= 15 is 0 Å². The van der Waals surface area contributed by atoms with Crippen LogP contribution in [0, 0.1) is 13.8 Å². The van der Waals surface area contributed by atoms with E-state index in [1.165, 1.54) is 0 Å². The van der Waals surface area contributed by atoms with Crippen molar-refractivity contribution in [1.29, 1.82) is 0 Å². The Kier molecular flexibility index (Phi) is 6.75. The normalized spacial score (nSPS) is 9.91. The molecule has 0 heterocycles. The van der Waals surface area contributed by atoms with Gasteiger partial charge in [0.15, 0.2) is 0 Å². The average molecular weight is 323 g/mol. The molecule has 3 nitrogen and oxygen atoms in total. The SMILES string of the molecule is Cc1ccc(C(=S)c2ccc(C)c(CC(=O)O)c2N)cc1.[H-].[Na+]. The number of carboxylic acid groups (broad SMARTS) is 1. The molecule has 110 valence electrons. The van der Waals surface area contributed by atoms with Crippen molar-refractivity contribution in [3.63, 3.8) is 0 Å². The Balaban J connectivity index is 0.00000242. The number of anilines is 1. The minimum absolute atomic E-state index is 0. The molecule has 0 bridgehead atoms. The van der Waals surface area contributed by atoms with Gasteiger partial charge in [-0.05, 0) is 30.5 Å². The molecule has 2 aromatic carbocycles. The van der Waals surface area contributed by atoms with Crippen LogP contribution in [0.5, 0.6) is 0 Å². The summed E-state index contributed by atoms with van der Waals surface area (Å²) in [6, 6.07) is 11.6. The van der Waals surface area contributed by atoms with Crippen molar-refractivity contribution in [2.24, 2.45) is 0 Å². The molecule has 0 saturated heterocycles. The number of nitrogens with two attached hydrogens (primary N) is 1. The number of benzene rings is 2. The van der Waals surface area contributed by atoms with Gasteiger partial charge in [0, 0.05) is 11.3 Å². The van der Waals surface area contributed by atoms with Gasteiger partial charge in [0.05, 0.1) is 11.3 Å². The third-order valence-corrected chi connectivity index (χ3v) is 3.93. The zero-order valence-electron chi connectivity index (χ0n) is 14.0. The summed E-state index contributed by atoms with van der Waals surface area (Å²) in [6.07, 6.45) is -0.0952. The summed E-state index contributed by atoms with van der Waals surface area (Å²) < 4.78 is 0. The van der Waals surface area contributed by atoms with E-state index in [1.54, 1.807) is 0 Å². The van der Waals surface area contributed by atoms with Crippen LogP contribution in [0.1, 0.15) is 29.2 Å². The van der Waals surface area contributed by atoms with Crippen molar-refractivity contribution >= 4 is 28.7 Å². The summed E-state index contributed by atoms with van der Waals surface area (Å²) in [7, 11) is 0. The van der Waals surface area contributed by atoms with Gasteiger partial charge in [0.2, 0.25) is 0 Å². The molecule has 2 aromatic rings. The number of aliphatic carboxylic acids is 1. The monoisotopic (exact) mass is 323 g/mol. The van der Waals surface area contributed by atoms with E-state index in [9.17, 15) is 4.79 Å². The summed E-state index contributed by atoms with van der Waals surface area (Å²) in [5.74, 6) is -0.900. The minimum Gasteiger partial charge on any atom is -1.00 e. The van der Waals surface area contributed by atoms with Crippen molar-refractivity contribution in [3.05, 3.63) is 64.2 Å². The number of hydrogen-bond donors (Lipinski definition) is 2. The average Bonchev–Trinajstić information content (AvgIpc) is 2.43. The maximum atomic E-state index is 11.0. The fraction of sp³-hybridized carbons (Fsp3) is 0.176. The molecule has 0 aliphatic heterocycles. The zero-order chi connectivity index (χ0) is 15.6. The summed E-state index contributed by atoms with van der Waals surface area (Å²) in [4.78, 5) is 11.6. The smallest absolute Gasteiger partial charge is 1.00 e. The summed E-state index contributed by atoms with van der Waals surface area (Å²) in [5.41, 5.74) is 10.9. The van der Waals surface area contributed by atoms with Crippen molar-refractivity contribution in [2.45, 2.75) is 20.3 Å². The predicted molar refractivity (Wildman–Crippen MR) is 90.0 cm³/mol. The Bertz CT molecular complexity index is 717. The number of thiocarbonyl (C=S) groups is 1. The molecule has 3 N–H and O–H groups in total. The molecular weight excluding hydrogens is 305 g/mol. The molecule has 5 heteroatoms. The molecule has 2 rings (SSSR count). The summed E-state index contributed by atoms with van der Waals surface area (Å²) in [6.45, 7) is 3.87. The van der Waals surface area contributed by atoms with Crippen LogP contribution in [0.2, 0.25) is 0 Å². The van der Waals surface area contributed by atoms with Crippen LogP contribution >= 0.6 is 12.2 Å². The second-order valence-electron chi connectivity index (χ2n) is 5.09. The quantitative estimate of drug-likeness (QED) is 0.370. The molecule has 22 heavy (non-hydrogen) atoms. The molecule has 0 aliphatic rings. The number of carbonyl (C=O) groups is 1. The Morgan fingerprint density at radius 2 is 1.77 bits per heavy atom. The summed E-state index contributed by atoms with van der Waals surface area (Å²) in [5, 5.41) is 9.00. The van der Waals surface area contributed by atoms with Crippen molar-refractivity contribution < 1.29 is 40.9 Å². The van der Waals surface area contributed by atoms with Crippen molar-refractivity contribution in [3.8, 4) is 0 Å². The van der Waals surface area contributed by atoms with Gasteiger partial charge in [-0.2, -0.15) is 0 Å². The van der Waals surface area contributed by atoms with Gasteiger partial charge in [-0.1, -0.05) is 54.2 Å². The van der Waals surface area contributed by atoms with E-state index in [-0.39, 0.29) is 37.4 Å². The molecule has 0 amide bonds. The largest absolute Gasteiger partial charge is 1.00 e. The number of aryl methyl sites for hydroxylation is 2. The third-order valence-electron chi connectivity index (χ3n) is 3.48. The van der Waals surface area contributed by atoms with Crippen LogP contribution < -0.4 is 35.3 Å². The zero-order valence-corrected chi connectivity index (χ0v) is 15.8. The van der Waals surface area contributed by atoms with Gasteiger partial charge < -0.3 is 12.3 Å². The Morgan fingerprint density at radius 1 is 1.18 bits per heavy atom. The molecule has 0 aliphatic carbocycles. The standard InChI is InChI=1S/C17H17NO2S.Na.H/c1-10-3-6-12(7-4-10)17(21)13-8-5-11(2)14(16(13)18)9-15(19)20;;/h3-8H,9,18H2,1-2H3,(H,19,20);;/q;+1;-1. The van der Waals surface area contributed by atoms with E-state index in [2.05, 4.69) is 0 Å². The van der Waals surface area contributed by atoms with Gasteiger partial charge in [0.1, 0.15) is 0 Å². The second kappa shape index (κ2) is 7.88. The Hall–Kier alpha value is -1.20. The van der Waals surface area contributed by atoms with Crippen molar-refractivity contribution in [2.75, 3.05) is 5.73 Å². The second-order valence-corrected chi connectivity index (χ2v) is 5.50. The first kappa shape index (κ1) is 18.8. The van der Waals surface area contributed by atoms with Crippen molar-refractivity contribution in [1.82, 2.24) is 0 Å². The molecule has 0 saturated carbocycles. The van der Waals surface area contributed by atoms with Gasteiger partial charge >= 0.3 is 35.5 Å². The number of carboxylic acids is 1. The fourth-order valence-electron chi connectivity index (χ4n) is 2.22. The van der Waals surface area contributed by atoms with Crippen LogP contribution in [0.25, 0.3) is 0 Å². The van der Waals surface area contributed by atoms with E-state index < -0.39 is 5.97 Å². The van der Waals surface area contributed by atoms with Crippen LogP contribution in [0.3, 0.4) is 0 Å². The van der Waals surface area contributed by atoms with E-state index in [0.29, 0.717) is 16.1 Å². The molecule has 0 aromatic heterocycles. The first-order valence-electron chi connectivity index (χ1n) is 6.61. The van der Waals surface area contributed by atoms with Gasteiger partial charge in [0.25, 0.3) is 0 Å². The third kappa shape index (κ3) is 4.17. The molecule has 0 radical (unpaired) electrons. The summed E-state index contributed by atoms with van der Waals surface area (Å²) >= 11 is 5.51. The van der Waals surface area contributed by atoms with Crippen LogP contribution in [0.15, 0.2) is 36.4 Å². The van der Waals surface area contributed by atoms with Crippen LogP contribution in [0.4, 0.5) is 5.69 Å². The van der Waals surface area contributed by atoms with Crippen LogP contribution in [-0.2, 0) is 11.2 Å². The molecule has 0 atom stereocenters. The maximum absolute atomic E-state index is 11.0. The first-order chi connectivity index (χ1) is 9.90. The first-order valence-corrected chi connectivity index (χ1v) is 7.02. The van der Waals surface area contributed by atoms with Crippen LogP contribution in [-0.4, -0.2) is 15.9 Å². The number of rotatable bonds is 4. The Morgan fingerprint density at radius 3 is 2.32 bits per heavy atom. The van der Waals surface area contributed by atoms with Gasteiger partial charge in [-0.3, -0.25) is 4.79 Å². The molecular formula is C17H18NNaO2S. The minimum atomic E-state index is -0.900. The van der Waals surface area contributed by atoms with E-state index in [0.717, 1.165) is 22.3 Å². The molecule has 0 fully saturated rings.